The van der Waals surface area contributed by atoms with E-state index in [1.165, 1.54) is 17.7 Å². The summed E-state index contributed by atoms with van der Waals surface area (Å²) < 4.78 is 0. The summed E-state index contributed by atoms with van der Waals surface area (Å²) in [5, 5.41) is 3.54. The molecule has 1 aliphatic rings. The minimum absolute atomic E-state index is 0.527. The highest BCUT2D eigenvalue weighted by Crippen LogP contribution is 2.24. The van der Waals surface area contributed by atoms with Gasteiger partial charge in [0.05, 0.1) is 0 Å². The molecule has 1 saturated heterocycles. The monoisotopic (exact) mass is 275 g/mol. The van der Waals surface area contributed by atoms with Crippen LogP contribution in [0.1, 0.15) is 32.8 Å². The van der Waals surface area contributed by atoms with Crippen molar-refractivity contribution in [3.8, 4) is 0 Å². The molecule has 3 heteroatoms. The third-order valence-electron chi connectivity index (χ3n) is 4.28. The molecule has 20 heavy (non-hydrogen) atoms. The molecule has 1 N–H and O–H groups in total. The maximum Gasteiger partial charge on any atom is 0.0412 e. The van der Waals surface area contributed by atoms with E-state index >= 15 is 0 Å². The highest BCUT2D eigenvalue weighted by molar-refractivity contribution is 5.54. The average molecular weight is 275 g/mol. The molecule has 1 fully saturated rings. The van der Waals surface area contributed by atoms with Gasteiger partial charge in [-0.2, -0.15) is 0 Å². The van der Waals surface area contributed by atoms with Gasteiger partial charge in [0.2, 0.25) is 0 Å². The molecular formula is C17H29N3. The quantitative estimate of drug-likeness (QED) is 0.891. The van der Waals surface area contributed by atoms with E-state index in [1.54, 1.807) is 0 Å². The number of hydrogen-bond acceptors (Lipinski definition) is 3. The van der Waals surface area contributed by atoms with Crippen molar-refractivity contribution < 1.29 is 0 Å². The first kappa shape index (κ1) is 15.3. The molecule has 1 aliphatic heterocycles. The van der Waals surface area contributed by atoms with Crippen molar-refractivity contribution in [3.63, 3.8) is 0 Å². The van der Waals surface area contributed by atoms with Crippen LogP contribution >= 0.6 is 0 Å². The predicted octanol–water partition coefficient (Wildman–Crippen LogP) is 2.72. The summed E-state index contributed by atoms with van der Waals surface area (Å²) in [6.07, 6.45) is 1.22. The lowest BCUT2D eigenvalue weighted by Crippen LogP contribution is -2.51. The third kappa shape index (κ3) is 3.74. The van der Waals surface area contributed by atoms with Crippen LogP contribution in [0.15, 0.2) is 24.3 Å². The van der Waals surface area contributed by atoms with Crippen LogP contribution in [0.2, 0.25) is 0 Å². The van der Waals surface area contributed by atoms with E-state index < -0.39 is 0 Å². The summed E-state index contributed by atoms with van der Waals surface area (Å²) in [6.45, 7) is 11.1. The van der Waals surface area contributed by atoms with Gasteiger partial charge in [0.1, 0.15) is 0 Å². The molecule has 0 amide bonds. The number of benzene rings is 1. The lowest BCUT2D eigenvalue weighted by atomic mass is 10.1. The van der Waals surface area contributed by atoms with Crippen molar-refractivity contribution in [2.75, 3.05) is 31.6 Å². The van der Waals surface area contributed by atoms with Gasteiger partial charge < -0.3 is 10.2 Å². The maximum absolute atomic E-state index is 3.54. The van der Waals surface area contributed by atoms with Crippen LogP contribution < -0.4 is 10.2 Å². The molecule has 0 spiro atoms. The van der Waals surface area contributed by atoms with Crippen LogP contribution in [-0.4, -0.2) is 43.7 Å². The topological polar surface area (TPSA) is 18.5 Å². The number of rotatable bonds is 5. The van der Waals surface area contributed by atoms with E-state index in [4.69, 9.17) is 0 Å². The molecule has 0 saturated carbocycles. The normalized spacial score (nSPS) is 20.6. The van der Waals surface area contributed by atoms with Gasteiger partial charge >= 0.3 is 0 Å². The molecule has 0 aliphatic carbocycles. The van der Waals surface area contributed by atoms with Crippen molar-refractivity contribution in [1.82, 2.24) is 10.2 Å². The molecule has 0 aromatic heterocycles. The molecule has 112 valence electrons. The number of nitrogens with zero attached hydrogens (tertiary/aromatic N) is 2. The average Bonchev–Trinajstić information content (AvgIpc) is 2.46. The molecule has 1 aromatic rings. The van der Waals surface area contributed by atoms with Crippen LogP contribution in [0.3, 0.4) is 0 Å². The number of likely N-dealkylation sites (N-methyl/N-ethyl adjacent to an activating group) is 1. The van der Waals surface area contributed by atoms with Crippen LogP contribution in [0.5, 0.6) is 0 Å². The second-order valence-corrected chi connectivity index (χ2v) is 6.15. The van der Waals surface area contributed by atoms with Crippen molar-refractivity contribution in [3.05, 3.63) is 29.8 Å². The zero-order valence-electron chi connectivity index (χ0n) is 13.4. The Balaban J connectivity index is 2.11. The summed E-state index contributed by atoms with van der Waals surface area (Å²) >= 11 is 0. The van der Waals surface area contributed by atoms with Crippen molar-refractivity contribution in [2.24, 2.45) is 0 Å². The van der Waals surface area contributed by atoms with Crippen LogP contribution in [0.25, 0.3) is 0 Å². The maximum atomic E-state index is 3.54. The Morgan fingerprint density at radius 1 is 1.25 bits per heavy atom. The number of anilines is 1. The van der Waals surface area contributed by atoms with Crippen molar-refractivity contribution in [1.29, 1.82) is 0 Å². The molecule has 0 radical (unpaired) electrons. The summed E-state index contributed by atoms with van der Waals surface area (Å²) in [7, 11) is 2.25. The zero-order chi connectivity index (χ0) is 14.5. The van der Waals surface area contributed by atoms with E-state index in [1.807, 2.05) is 0 Å². The van der Waals surface area contributed by atoms with Gasteiger partial charge in [-0.05, 0) is 25.1 Å². The lowest BCUT2D eigenvalue weighted by Gasteiger charge is -2.41. The minimum atomic E-state index is 0.527. The highest BCUT2D eigenvalue weighted by Gasteiger charge is 2.24. The Morgan fingerprint density at radius 3 is 2.70 bits per heavy atom. The fourth-order valence-electron chi connectivity index (χ4n) is 2.89. The second-order valence-electron chi connectivity index (χ2n) is 6.15. The molecule has 1 atom stereocenters. The third-order valence-corrected chi connectivity index (χ3v) is 4.28. The fourth-order valence-corrected chi connectivity index (χ4v) is 2.89. The van der Waals surface area contributed by atoms with Gasteiger partial charge in [0, 0.05) is 44.0 Å². The van der Waals surface area contributed by atoms with E-state index in [9.17, 15) is 0 Å². The first-order chi connectivity index (χ1) is 9.61. The van der Waals surface area contributed by atoms with Gasteiger partial charge in [-0.15, -0.1) is 0 Å². The van der Waals surface area contributed by atoms with Crippen LogP contribution in [0.4, 0.5) is 5.69 Å². The number of hydrogen-bond donors (Lipinski definition) is 1. The fraction of sp³-hybridized carbons (Fsp3) is 0.647. The van der Waals surface area contributed by atoms with Gasteiger partial charge in [0.15, 0.2) is 0 Å². The first-order valence-corrected chi connectivity index (χ1v) is 7.88. The second kappa shape index (κ2) is 7.09. The van der Waals surface area contributed by atoms with Gasteiger partial charge in [0.25, 0.3) is 0 Å². The van der Waals surface area contributed by atoms with Gasteiger partial charge in [-0.3, -0.25) is 4.90 Å². The van der Waals surface area contributed by atoms with E-state index in [0.29, 0.717) is 12.1 Å². The smallest absolute Gasteiger partial charge is 0.0412 e. The van der Waals surface area contributed by atoms with Crippen LogP contribution in [0, 0.1) is 0 Å². The molecule has 1 aromatic carbocycles. The van der Waals surface area contributed by atoms with Gasteiger partial charge in [-0.25, -0.2) is 0 Å². The summed E-state index contributed by atoms with van der Waals surface area (Å²) in [5.74, 6) is 0. The summed E-state index contributed by atoms with van der Waals surface area (Å²) in [5.41, 5.74) is 2.83. The Kier molecular flexibility index (Phi) is 5.44. The standard InChI is InChI=1S/C17H29N3/c1-5-16-13-20(11-10-19(16)4)17-9-7-6-8-15(17)12-18-14(2)3/h6-9,14,16,18H,5,10-13H2,1-4H3. The minimum Gasteiger partial charge on any atom is -0.368 e. The SMILES string of the molecule is CCC1CN(c2ccccc2CNC(C)C)CCN1C. The molecule has 0 bridgehead atoms. The predicted molar refractivity (Wildman–Crippen MR) is 87.3 cm³/mol. The highest BCUT2D eigenvalue weighted by atomic mass is 15.3. The molecular weight excluding hydrogens is 246 g/mol. The van der Waals surface area contributed by atoms with Crippen molar-refractivity contribution in [2.45, 2.75) is 45.8 Å². The van der Waals surface area contributed by atoms with Crippen LogP contribution in [-0.2, 0) is 6.54 Å². The Morgan fingerprint density at radius 2 is 2.00 bits per heavy atom. The number of piperazine rings is 1. The summed E-state index contributed by atoms with van der Waals surface area (Å²) in [6, 6.07) is 10.0. The molecule has 1 heterocycles. The van der Waals surface area contributed by atoms with Gasteiger partial charge in [-0.1, -0.05) is 39.0 Å². The largest absolute Gasteiger partial charge is 0.368 e. The Labute approximate surface area is 124 Å². The van der Waals surface area contributed by atoms with Crippen molar-refractivity contribution >= 4 is 5.69 Å². The number of para-hydroxylation sites is 1. The lowest BCUT2D eigenvalue weighted by molar-refractivity contribution is 0.213. The van der Waals surface area contributed by atoms with E-state index in [0.717, 1.165) is 26.2 Å². The Bertz CT molecular complexity index is 416. The zero-order valence-corrected chi connectivity index (χ0v) is 13.4. The number of nitrogens with one attached hydrogen (secondary N) is 1. The molecule has 2 rings (SSSR count). The first-order valence-electron chi connectivity index (χ1n) is 7.88. The van der Waals surface area contributed by atoms with E-state index in [2.05, 4.69) is 67.2 Å². The summed E-state index contributed by atoms with van der Waals surface area (Å²) in [4.78, 5) is 5.05. The molecule has 1 unspecified atom stereocenters. The van der Waals surface area contributed by atoms with E-state index in [-0.39, 0.29) is 0 Å². The Hall–Kier alpha value is -1.06. The molecule has 3 nitrogen and oxygen atoms in total.